The van der Waals surface area contributed by atoms with Crippen LogP contribution in [0.25, 0.3) is 0 Å². The van der Waals surface area contributed by atoms with Crippen molar-refractivity contribution in [1.29, 1.82) is 0 Å². The predicted molar refractivity (Wildman–Crippen MR) is 338 cm³/mol. The second-order valence-corrected chi connectivity index (χ2v) is 23.4. The number of carbonyl (C=O) groups excluding carboxylic acids is 2. The number of benzene rings is 6. The fraction of sp³-hybridized carbons (Fsp3) is 0.437. The molecule has 2 fully saturated rings. The van der Waals surface area contributed by atoms with Crippen molar-refractivity contribution in [2.24, 2.45) is 11.8 Å². The zero-order chi connectivity index (χ0) is 63.5. The van der Waals surface area contributed by atoms with Gasteiger partial charge in [-0.2, -0.15) is 0 Å². The number of likely N-dealkylation sites (tertiary alicyclic amines) is 2. The minimum absolute atomic E-state index is 0.0200. The Balaban J connectivity index is 0.000000211. The van der Waals surface area contributed by atoms with E-state index in [4.69, 9.17) is 33.2 Å². The quantitative estimate of drug-likeness (QED) is 0.0394. The Kier molecular flexibility index (Phi) is 22.0. The van der Waals surface area contributed by atoms with Gasteiger partial charge in [-0.1, -0.05) is 100.0 Å². The van der Waals surface area contributed by atoms with Gasteiger partial charge in [-0.05, 0) is 157 Å². The number of carboxylic acids is 2. The van der Waals surface area contributed by atoms with E-state index in [9.17, 15) is 33.8 Å². The van der Waals surface area contributed by atoms with E-state index >= 15 is 0 Å². The molecule has 4 N–H and O–H groups in total. The number of hydrogen-bond donors (Lipinski definition) is 4. The molecule has 0 aromatic heterocycles. The first-order valence-electron chi connectivity index (χ1n) is 31.0. The number of fused-ring (bicyclic) bond motifs is 2. The van der Waals surface area contributed by atoms with Gasteiger partial charge in [-0.3, -0.25) is 29.0 Å². The molecule has 4 aliphatic rings. The summed E-state index contributed by atoms with van der Waals surface area (Å²) in [6.07, 6.45) is 6.22. The van der Waals surface area contributed by atoms with Crippen molar-refractivity contribution in [3.05, 3.63) is 170 Å². The summed E-state index contributed by atoms with van der Waals surface area (Å²) in [5.74, 6) is -2.26. The largest absolute Gasteiger partial charge is 0.493 e. The van der Waals surface area contributed by atoms with Crippen LogP contribution >= 0.6 is 0 Å². The van der Waals surface area contributed by atoms with E-state index in [1.807, 2.05) is 103 Å². The van der Waals surface area contributed by atoms with Crippen molar-refractivity contribution in [3.8, 4) is 28.7 Å². The third kappa shape index (κ3) is 14.8. The number of halogens is 1. The number of ether oxygens (including phenoxy) is 7. The Morgan fingerprint density at radius 2 is 1.02 bits per heavy atom. The van der Waals surface area contributed by atoms with Gasteiger partial charge >= 0.3 is 11.9 Å². The number of rotatable bonds is 25. The van der Waals surface area contributed by atoms with Crippen molar-refractivity contribution in [1.82, 2.24) is 9.80 Å². The highest BCUT2D eigenvalue weighted by Gasteiger charge is 2.50. The Bertz CT molecular complexity index is 3430. The first kappa shape index (κ1) is 65.4. The van der Waals surface area contributed by atoms with Crippen LogP contribution in [0, 0.1) is 31.5 Å². The first-order valence-corrected chi connectivity index (χ1v) is 31.0. The minimum Gasteiger partial charge on any atom is -0.493 e. The molecule has 6 atom stereocenters. The molecular formula is C71H85FN4O13. The van der Waals surface area contributed by atoms with Crippen LogP contribution in [0.1, 0.15) is 131 Å². The van der Waals surface area contributed by atoms with E-state index in [1.165, 1.54) is 17.7 Å². The highest BCUT2D eigenvalue weighted by atomic mass is 19.1. The molecule has 0 saturated carbocycles. The van der Waals surface area contributed by atoms with Crippen LogP contribution in [-0.4, -0.2) is 118 Å². The van der Waals surface area contributed by atoms with Gasteiger partial charge in [0, 0.05) is 75.8 Å². The number of nitrogens with zero attached hydrogens (tertiary/aromatic N) is 2. The fourth-order valence-electron chi connectivity index (χ4n) is 13.6. The summed E-state index contributed by atoms with van der Waals surface area (Å²) in [6, 6.07) is 29.6. The summed E-state index contributed by atoms with van der Waals surface area (Å²) in [4.78, 5) is 57.5. The predicted octanol–water partition coefficient (Wildman–Crippen LogP) is 12.0. The van der Waals surface area contributed by atoms with Crippen LogP contribution in [0.2, 0.25) is 0 Å². The lowest BCUT2D eigenvalue weighted by Crippen LogP contribution is -2.35. The number of hydrogen-bond acceptors (Lipinski definition) is 13. The number of aryl methyl sites for hydroxylation is 7. The number of nitrogens with one attached hydrogen (secondary N) is 2. The van der Waals surface area contributed by atoms with E-state index in [-0.39, 0.29) is 44.3 Å². The highest BCUT2D eigenvalue weighted by Crippen LogP contribution is 2.52. The molecule has 4 aliphatic heterocycles. The van der Waals surface area contributed by atoms with E-state index < -0.39 is 47.7 Å². The van der Waals surface area contributed by atoms with Gasteiger partial charge < -0.3 is 54.0 Å². The average molecular weight is 1220 g/mol. The number of carbonyl (C=O) groups is 4. The van der Waals surface area contributed by atoms with Gasteiger partial charge in [0.05, 0.1) is 32.0 Å². The normalized spacial score (nSPS) is 19.2. The summed E-state index contributed by atoms with van der Waals surface area (Å²) in [5, 5.41) is 27.6. The summed E-state index contributed by atoms with van der Waals surface area (Å²) >= 11 is 0. The van der Waals surface area contributed by atoms with Crippen molar-refractivity contribution >= 4 is 35.1 Å². The summed E-state index contributed by atoms with van der Waals surface area (Å²) < 4.78 is 52.7. The third-order valence-electron chi connectivity index (χ3n) is 17.8. The van der Waals surface area contributed by atoms with Crippen LogP contribution in [0.5, 0.6) is 28.7 Å². The van der Waals surface area contributed by atoms with Gasteiger partial charge in [0.1, 0.15) is 5.82 Å². The van der Waals surface area contributed by atoms with Gasteiger partial charge in [0.15, 0.2) is 23.0 Å². The van der Waals surface area contributed by atoms with E-state index in [1.54, 1.807) is 21.3 Å². The van der Waals surface area contributed by atoms with Crippen molar-refractivity contribution in [2.45, 2.75) is 117 Å². The van der Waals surface area contributed by atoms with Gasteiger partial charge in [-0.25, -0.2) is 4.39 Å². The fourth-order valence-corrected chi connectivity index (χ4v) is 13.6. The Morgan fingerprint density at radius 1 is 0.562 bits per heavy atom. The molecule has 0 bridgehead atoms. The van der Waals surface area contributed by atoms with Crippen molar-refractivity contribution in [2.75, 3.05) is 84.9 Å². The van der Waals surface area contributed by atoms with Crippen LogP contribution in [0.4, 0.5) is 15.8 Å². The molecule has 0 spiro atoms. The second-order valence-electron chi connectivity index (χ2n) is 23.4. The minimum atomic E-state index is -0.927. The third-order valence-corrected chi connectivity index (χ3v) is 17.8. The molecule has 474 valence electrons. The molecule has 2 saturated heterocycles. The smallest absolute Gasteiger partial charge is 0.309 e. The number of anilines is 2. The molecule has 4 heterocycles. The molecule has 0 radical (unpaired) electrons. The standard InChI is InChI=1S/C36H44N2O7.C35H41FN2O6/c1-6-24-15-22(3)16-25(7-2)33(24)37-31(39)20-38-19-28(27-17-29(43-5)35-30(18-27)44-21-45-35)32(36(40)41)34(38)26-12-10-23(11-13-26)9-8-14-42-4;1-5-23-16-26(36)17-24(6-2)32(23)37-30(39)19-38-18-28(27-13-14-29-34(21(27)3)44-20-43-29)31(35(40)41)33(38)25-11-9-22(10-12-25)8-7-15-42-4/h10-13,15-18,28,32,34H,6-9,14,19-21H2,1-5H3,(H,37,39)(H,40,41);9-14,16-17,28,31,33H,5-8,15,18-20H2,1-4H3,(H,37,39)(H,40,41)/t28-,32?,34+;28-,31?,33+/m11/s1. The van der Waals surface area contributed by atoms with Crippen molar-refractivity contribution < 1.29 is 66.9 Å². The van der Waals surface area contributed by atoms with Gasteiger partial charge in [-0.15, -0.1) is 0 Å². The topological polar surface area (TPSA) is 204 Å². The molecule has 17 nitrogen and oxygen atoms in total. The molecule has 89 heavy (non-hydrogen) atoms. The molecule has 10 rings (SSSR count). The maximum Gasteiger partial charge on any atom is 0.309 e. The van der Waals surface area contributed by atoms with E-state index in [2.05, 4.69) is 43.5 Å². The molecular weight excluding hydrogens is 1140 g/mol. The number of methoxy groups -OCH3 is 3. The molecule has 2 unspecified atom stereocenters. The lowest BCUT2D eigenvalue weighted by Gasteiger charge is -2.27. The number of carboxylic acid groups (broad SMARTS) is 2. The first-order chi connectivity index (χ1) is 43.0. The highest BCUT2D eigenvalue weighted by molar-refractivity contribution is 5.95. The molecule has 18 heteroatoms. The molecule has 0 aliphatic carbocycles. The number of amides is 2. The Labute approximate surface area is 521 Å². The summed E-state index contributed by atoms with van der Waals surface area (Å²) in [7, 11) is 4.93. The monoisotopic (exact) mass is 1220 g/mol. The van der Waals surface area contributed by atoms with E-state index in [0.717, 1.165) is 105 Å². The maximum atomic E-state index is 14.2. The van der Waals surface area contributed by atoms with Gasteiger partial charge in [0.25, 0.3) is 0 Å². The summed E-state index contributed by atoms with van der Waals surface area (Å²) in [5.41, 5.74) is 12.8. The Hall–Kier alpha value is -8.03. The lowest BCUT2D eigenvalue weighted by atomic mass is 9.81. The second kappa shape index (κ2) is 30.0. The van der Waals surface area contributed by atoms with Crippen molar-refractivity contribution in [3.63, 3.8) is 0 Å². The Morgan fingerprint density at radius 3 is 1.49 bits per heavy atom. The van der Waals surface area contributed by atoms with Gasteiger partial charge in [0.2, 0.25) is 31.1 Å². The zero-order valence-corrected chi connectivity index (χ0v) is 52.7. The molecule has 2 amide bonds. The number of aliphatic carboxylic acids is 2. The summed E-state index contributed by atoms with van der Waals surface area (Å²) in [6.45, 7) is 14.3. The zero-order valence-electron chi connectivity index (χ0n) is 52.7. The average Bonchev–Trinajstić information content (AvgIpc) is 2.11. The molecule has 6 aromatic rings. The maximum absolute atomic E-state index is 14.2. The SMILES string of the molecule is CCc1cc(C)cc(CC)c1NC(=O)CN1C[C@H](c2cc(OC)c3c(c2)OCO3)C(C(=O)O)[C@@H]1c1ccc(CCCOC)cc1.CCc1cc(F)cc(CC)c1NC(=O)CN1C[C@H](c2ccc3c(c2C)OCO3)C(C(=O)O)[C@@H]1c1ccc(CCCOC)cc1. The van der Waals surface area contributed by atoms with Crippen LogP contribution in [0.3, 0.4) is 0 Å². The van der Waals surface area contributed by atoms with Crippen LogP contribution in [0.15, 0.2) is 97.1 Å². The van der Waals surface area contributed by atoms with Crippen LogP contribution < -0.4 is 34.3 Å². The van der Waals surface area contributed by atoms with Crippen LogP contribution in [-0.2, 0) is 67.2 Å². The lowest BCUT2D eigenvalue weighted by molar-refractivity contribution is -0.144. The van der Waals surface area contributed by atoms with E-state index in [0.29, 0.717) is 73.6 Å². The molecule has 6 aromatic carbocycles.